The molecule has 0 saturated carbocycles. The summed E-state index contributed by atoms with van der Waals surface area (Å²) in [5.74, 6) is 0.866. The molecule has 0 bridgehead atoms. The number of aromatic nitrogens is 2. The number of hydrogen-bond donors (Lipinski definition) is 1. The maximum Gasteiger partial charge on any atom is 0.123 e. The van der Waals surface area contributed by atoms with Crippen molar-refractivity contribution in [2.45, 2.75) is 32.9 Å². The SMILES string of the molecule is CCn1cc(COc2cccc3c2CCC3=NO)cn1. The smallest absolute Gasteiger partial charge is 0.123 e. The van der Waals surface area contributed by atoms with E-state index in [1.807, 2.05) is 35.3 Å². The van der Waals surface area contributed by atoms with E-state index in [0.29, 0.717) is 6.61 Å². The zero-order valence-electron chi connectivity index (χ0n) is 11.4. The lowest BCUT2D eigenvalue weighted by Gasteiger charge is -2.09. The molecule has 3 rings (SSSR count). The zero-order chi connectivity index (χ0) is 13.9. The molecule has 104 valence electrons. The lowest BCUT2D eigenvalue weighted by atomic mass is 10.1. The molecule has 1 aliphatic rings. The minimum Gasteiger partial charge on any atom is -0.488 e. The minimum absolute atomic E-state index is 0.502. The van der Waals surface area contributed by atoms with Gasteiger partial charge in [-0.05, 0) is 25.8 Å². The number of hydrogen-bond acceptors (Lipinski definition) is 4. The minimum atomic E-state index is 0.502. The largest absolute Gasteiger partial charge is 0.488 e. The fraction of sp³-hybridized carbons (Fsp3) is 0.333. The Morgan fingerprint density at radius 1 is 1.40 bits per heavy atom. The van der Waals surface area contributed by atoms with E-state index in [2.05, 4.69) is 17.2 Å². The first-order valence-electron chi connectivity index (χ1n) is 6.79. The number of fused-ring (bicyclic) bond motifs is 1. The number of aryl methyl sites for hydroxylation is 1. The van der Waals surface area contributed by atoms with E-state index in [1.54, 1.807) is 0 Å². The van der Waals surface area contributed by atoms with Crippen molar-refractivity contribution in [3.63, 3.8) is 0 Å². The molecule has 0 aliphatic heterocycles. The van der Waals surface area contributed by atoms with Gasteiger partial charge in [-0.2, -0.15) is 5.10 Å². The molecule has 1 heterocycles. The van der Waals surface area contributed by atoms with Crippen LogP contribution in [0, 0.1) is 0 Å². The molecule has 0 spiro atoms. The van der Waals surface area contributed by atoms with Crippen molar-refractivity contribution in [1.29, 1.82) is 0 Å². The summed E-state index contributed by atoms with van der Waals surface area (Å²) in [6.07, 6.45) is 5.44. The highest BCUT2D eigenvalue weighted by Crippen LogP contribution is 2.31. The predicted molar refractivity (Wildman–Crippen MR) is 75.3 cm³/mol. The monoisotopic (exact) mass is 271 g/mol. The van der Waals surface area contributed by atoms with Gasteiger partial charge in [-0.1, -0.05) is 17.3 Å². The number of oxime groups is 1. The van der Waals surface area contributed by atoms with Crippen LogP contribution in [-0.4, -0.2) is 20.7 Å². The van der Waals surface area contributed by atoms with Crippen molar-refractivity contribution < 1.29 is 9.94 Å². The molecular weight excluding hydrogens is 254 g/mol. The van der Waals surface area contributed by atoms with Gasteiger partial charge in [0.1, 0.15) is 12.4 Å². The quantitative estimate of drug-likeness (QED) is 0.687. The maximum absolute atomic E-state index is 8.98. The fourth-order valence-corrected chi connectivity index (χ4v) is 2.53. The van der Waals surface area contributed by atoms with E-state index in [0.717, 1.165) is 47.5 Å². The number of benzene rings is 1. The van der Waals surface area contributed by atoms with Crippen molar-refractivity contribution in [3.8, 4) is 5.75 Å². The third-order valence-electron chi connectivity index (χ3n) is 3.58. The molecule has 20 heavy (non-hydrogen) atoms. The first-order valence-corrected chi connectivity index (χ1v) is 6.79. The summed E-state index contributed by atoms with van der Waals surface area (Å²) in [7, 11) is 0. The Balaban J connectivity index is 1.77. The highest BCUT2D eigenvalue weighted by Gasteiger charge is 2.21. The third-order valence-corrected chi connectivity index (χ3v) is 3.58. The first kappa shape index (κ1) is 12.7. The summed E-state index contributed by atoms with van der Waals surface area (Å²) in [6.45, 7) is 3.41. The van der Waals surface area contributed by atoms with E-state index in [1.165, 1.54) is 0 Å². The van der Waals surface area contributed by atoms with Crippen LogP contribution in [0.4, 0.5) is 0 Å². The molecule has 1 aromatic heterocycles. The van der Waals surface area contributed by atoms with Crippen LogP contribution in [0.5, 0.6) is 5.75 Å². The second kappa shape index (κ2) is 5.36. The molecule has 0 saturated heterocycles. The Morgan fingerprint density at radius 3 is 3.05 bits per heavy atom. The number of ether oxygens (including phenoxy) is 1. The number of rotatable bonds is 4. The van der Waals surface area contributed by atoms with Crippen molar-refractivity contribution in [1.82, 2.24) is 9.78 Å². The lowest BCUT2D eigenvalue weighted by Crippen LogP contribution is -1.99. The van der Waals surface area contributed by atoms with E-state index < -0.39 is 0 Å². The van der Waals surface area contributed by atoms with Crippen molar-refractivity contribution in [2.24, 2.45) is 5.16 Å². The van der Waals surface area contributed by atoms with Gasteiger partial charge in [0.05, 0.1) is 11.9 Å². The predicted octanol–water partition coefficient (Wildman–Crippen LogP) is 2.61. The Bertz CT molecular complexity index is 646. The van der Waals surface area contributed by atoms with Crippen LogP contribution in [0.3, 0.4) is 0 Å². The molecule has 0 amide bonds. The van der Waals surface area contributed by atoms with Crippen LogP contribution in [0.2, 0.25) is 0 Å². The highest BCUT2D eigenvalue weighted by atomic mass is 16.5. The van der Waals surface area contributed by atoms with Gasteiger partial charge in [0.2, 0.25) is 0 Å². The molecule has 2 aromatic rings. The standard InChI is InChI=1S/C15H17N3O2/c1-2-18-9-11(8-16-18)10-20-15-5-3-4-12-13(15)6-7-14(12)17-19/h3-5,8-9,19H,2,6-7,10H2,1H3. The summed E-state index contributed by atoms with van der Waals surface area (Å²) >= 11 is 0. The van der Waals surface area contributed by atoms with Crippen LogP contribution < -0.4 is 4.74 Å². The van der Waals surface area contributed by atoms with Gasteiger partial charge in [0.15, 0.2) is 0 Å². The lowest BCUT2D eigenvalue weighted by molar-refractivity contribution is 0.303. The Kier molecular flexibility index (Phi) is 3.41. The maximum atomic E-state index is 8.98. The van der Waals surface area contributed by atoms with Crippen molar-refractivity contribution in [2.75, 3.05) is 0 Å². The molecule has 0 fully saturated rings. The summed E-state index contributed by atoms with van der Waals surface area (Å²) in [6, 6.07) is 5.86. The molecule has 1 aliphatic carbocycles. The van der Waals surface area contributed by atoms with Gasteiger partial charge in [-0.25, -0.2) is 0 Å². The van der Waals surface area contributed by atoms with E-state index in [-0.39, 0.29) is 0 Å². The second-order valence-corrected chi connectivity index (χ2v) is 4.82. The zero-order valence-corrected chi connectivity index (χ0v) is 11.4. The van der Waals surface area contributed by atoms with Crippen LogP contribution in [-0.2, 0) is 19.6 Å². The van der Waals surface area contributed by atoms with Gasteiger partial charge in [-0.3, -0.25) is 4.68 Å². The van der Waals surface area contributed by atoms with E-state index >= 15 is 0 Å². The van der Waals surface area contributed by atoms with Crippen LogP contribution in [0.15, 0.2) is 35.7 Å². The molecule has 5 nitrogen and oxygen atoms in total. The Hall–Kier alpha value is -2.30. The molecule has 1 aromatic carbocycles. The average Bonchev–Trinajstić information content (AvgIpc) is 3.11. The molecule has 0 atom stereocenters. The third kappa shape index (κ3) is 2.27. The van der Waals surface area contributed by atoms with Gasteiger partial charge < -0.3 is 9.94 Å². The van der Waals surface area contributed by atoms with Crippen LogP contribution in [0.25, 0.3) is 0 Å². The van der Waals surface area contributed by atoms with Crippen molar-refractivity contribution >= 4 is 5.71 Å². The van der Waals surface area contributed by atoms with Gasteiger partial charge in [0, 0.05) is 29.4 Å². The van der Waals surface area contributed by atoms with Gasteiger partial charge in [0.25, 0.3) is 0 Å². The normalized spacial score (nSPS) is 15.6. The van der Waals surface area contributed by atoms with Gasteiger partial charge >= 0.3 is 0 Å². The summed E-state index contributed by atoms with van der Waals surface area (Å²) < 4.78 is 7.78. The Labute approximate surface area is 117 Å². The molecule has 0 radical (unpaired) electrons. The molecule has 1 N–H and O–H groups in total. The first-order chi connectivity index (χ1) is 9.81. The van der Waals surface area contributed by atoms with Crippen molar-refractivity contribution in [3.05, 3.63) is 47.3 Å². The molecule has 0 unspecified atom stereocenters. The van der Waals surface area contributed by atoms with Gasteiger partial charge in [-0.15, -0.1) is 0 Å². The Morgan fingerprint density at radius 2 is 2.30 bits per heavy atom. The van der Waals surface area contributed by atoms with E-state index in [4.69, 9.17) is 9.94 Å². The summed E-state index contributed by atoms with van der Waals surface area (Å²) in [5, 5.41) is 16.6. The topological polar surface area (TPSA) is 59.6 Å². The van der Waals surface area contributed by atoms with E-state index in [9.17, 15) is 0 Å². The molecule has 5 heteroatoms. The summed E-state index contributed by atoms with van der Waals surface area (Å²) in [5.41, 5.74) is 3.92. The average molecular weight is 271 g/mol. The second-order valence-electron chi connectivity index (χ2n) is 4.82. The molecular formula is C15H17N3O2. The van der Waals surface area contributed by atoms with Crippen LogP contribution in [0.1, 0.15) is 30.0 Å². The summed E-state index contributed by atoms with van der Waals surface area (Å²) in [4.78, 5) is 0. The van der Waals surface area contributed by atoms with Crippen LogP contribution >= 0.6 is 0 Å². The number of nitrogens with zero attached hydrogens (tertiary/aromatic N) is 3. The highest BCUT2D eigenvalue weighted by molar-refractivity contribution is 6.04. The fourth-order valence-electron chi connectivity index (χ4n) is 2.53.